The standard InChI is InChI=1S/C7H8N4/c1-5-2-3-6(4-8)7(10-5)11-9/h2-3H,9H2,1H3,(H,10,11). The molecule has 1 aromatic rings. The molecule has 0 atom stereocenters. The summed E-state index contributed by atoms with van der Waals surface area (Å²) in [6.45, 7) is 1.84. The van der Waals surface area contributed by atoms with Crippen LogP contribution in [0.4, 0.5) is 5.82 Å². The molecule has 0 saturated carbocycles. The first-order valence-corrected chi connectivity index (χ1v) is 3.12. The first-order valence-electron chi connectivity index (χ1n) is 3.12. The average Bonchev–Trinajstić information content (AvgIpc) is 2.04. The summed E-state index contributed by atoms with van der Waals surface area (Å²) >= 11 is 0. The maximum atomic E-state index is 8.55. The molecule has 1 heterocycles. The van der Waals surface area contributed by atoms with E-state index in [1.807, 2.05) is 13.0 Å². The molecule has 56 valence electrons. The van der Waals surface area contributed by atoms with Gasteiger partial charge in [0.25, 0.3) is 0 Å². The van der Waals surface area contributed by atoms with Crippen molar-refractivity contribution in [1.82, 2.24) is 4.98 Å². The van der Waals surface area contributed by atoms with Gasteiger partial charge in [-0.15, -0.1) is 0 Å². The second kappa shape index (κ2) is 2.99. The number of nitrogens with one attached hydrogen (secondary N) is 1. The fourth-order valence-corrected chi connectivity index (χ4v) is 0.757. The zero-order valence-corrected chi connectivity index (χ0v) is 6.13. The number of aryl methyl sites for hydroxylation is 1. The molecule has 4 nitrogen and oxygen atoms in total. The number of nitrogens with zero attached hydrogens (tertiary/aromatic N) is 2. The summed E-state index contributed by atoms with van der Waals surface area (Å²) in [4.78, 5) is 4.00. The summed E-state index contributed by atoms with van der Waals surface area (Å²) < 4.78 is 0. The highest BCUT2D eigenvalue weighted by atomic mass is 15.2. The van der Waals surface area contributed by atoms with Crippen molar-refractivity contribution in [2.75, 3.05) is 5.43 Å². The number of pyridine rings is 1. The third kappa shape index (κ3) is 1.45. The Morgan fingerprint density at radius 1 is 1.64 bits per heavy atom. The van der Waals surface area contributed by atoms with E-state index in [0.717, 1.165) is 5.69 Å². The summed E-state index contributed by atoms with van der Waals surface area (Å²) in [5, 5.41) is 8.55. The molecule has 0 aliphatic rings. The van der Waals surface area contributed by atoms with Crippen molar-refractivity contribution in [2.24, 2.45) is 5.84 Å². The van der Waals surface area contributed by atoms with Crippen LogP contribution < -0.4 is 11.3 Å². The van der Waals surface area contributed by atoms with Gasteiger partial charge in [-0.05, 0) is 19.1 Å². The molecule has 0 fully saturated rings. The lowest BCUT2D eigenvalue weighted by Crippen LogP contribution is -2.10. The third-order valence-corrected chi connectivity index (χ3v) is 1.29. The Balaban J connectivity index is 3.19. The van der Waals surface area contributed by atoms with E-state index in [2.05, 4.69) is 10.4 Å². The molecule has 1 aromatic heterocycles. The van der Waals surface area contributed by atoms with Crippen LogP contribution in [0.5, 0.6) is 0 Å². The fraction of sp³-hybridized carbons (Fsp3) is 0.143. The predicted octanol–water partition coefficient (Wildman–Crippen LogP) is 0.547. The molecule has 0 radical (unpaired) electrons. The van der Waals surface area contributed by atoms with Crippen LogP contribution in [0.1, 0.15) is 11.3 Å². The van der Waals surface area contributed by atoms with Crippen molar-refractivity contribution >= 4 is 5.82 Å². The van der Waals surface area contributed by atoms with Crippen molar-refractivity contribution < 1.29 is 0 Å². The average molecular weight is 148 g/mol. The minimum atomic E-state index is 0.424. The van der Waals surface area contributed by atoms with E-state index < -0.39 is 0 Å². The number of nitriles is 1. The van der Waals surface area contributed by atoms with Crippen molar-refractivity contribution in [1.29, 1.82) is 5.26 Å². The van der Waals surface area contributed by atoms with Crippen molar-refractivity contribution in [2.45, 2.75) is 6.92 Å². The number of anilines is 1. The molecule has 1 rings (SSSR count). The van der Waals surface area contributed by atoms with E-state index in [9.17, 15) is 0 Å². The molecular formula is C7H8N4. The number of hydrogen-bond acceptors (Lipinski definition) is 4. The zero-order chi connectivity index (χ0) is 8.27. The molecule has 0 aliphatic carbocycles. The number of nitrogen functional groups attached to an aromatic ring is 1. The Bertz CT molecular complexity index is 300. The van der Waals surface area contributed by atoms with E-state index in [0.29, 0.717) is 11.4 Å². The Morgan fingerprint density at radius 2 is 2.36 bits per heavy atom. The highest BCUT2D eigenvalue weighted by Crippen LogP contribution is 2.09. The molecule has 0 unspecified atom stereocenters. The van der Waals surface area contributed by atoms with E-state index >= 15 is 0 Å². The lowest BCUT2D eigenvalue weighted by atomic mass is 10.2. The minimum absolute atomic E-state index is 0.424. The minimum Gasteiger partial charge on any atom is -0.307 e. The van der Waals surface area contributed by atoms with E-state index in [4.69, 9.17) is 11.1 Å². The third-order valence-electron chi connectivity index (χ3n) is 1.29. The lowest BCUT2D eigenvalue weighted by Gasteiger charge is -2.00. The molecule has 0 bridgehead atoms. The summed E-state index contributed by atoms with van der Waals surface area (Å²) in [7, 11) is 0. The Kier molecular flexibility index (Phi) is 2.04. The normalized spacial score (nSPS) is 8.82. The quantitative estimate of drug-likeness (QED) is 0.450. The highest BCUT2D eigenvalue weighted by molar-refractivity contribution is 5.51. The van der Waals surface area contributed by atoms with Crippen molar-refractivity contribution in [3.05, 3.63) is 23.4 Å². The van der Waals surface area contributed by atoms with Gasteiger partial charge in [-0.1, -0.05) is 0 Å². The van der Waals surface area contributed by atoms with Gasteiger partial charge in [-0.2, -0.15) is 5.26 Å². The molecule has 0 amide bonds. The number of hydrogen-bond donors (Lipinski definition) is 2. The fourth-order valence-electron chi connectivity index (χ4n) is 0.757. The predicted molar refractivity (Wildman–Crippen MR) is 41.5 cm³/mol. The Hall–Kier alpha value is -1.60. The molecule has 3 N–H and O–H groups in total. The number of aromatic nitrogens is 1. The SMILES string of the molecule is Cc1ccc(C#N)c(NN)n1. The lowest BCUT2D eigenvalue weighted by molar-refractivity contribution is 1.15. The smallest absolute Gasteiger partial charge is 0.158 e. The monoisotopic (exact) mass is 148 g/mol. The van der Waals surface area contributed by atoms with Crippen LogP contribution in [0.25, 0.3) is 0 Å². The summed E-state index contributed by atoms with van der Waals surface area (Å²) in [5.74, 6) is 5.56. The zero-order valence-electron chi connectivity index (χ0n) is 6.13. The molecule has 0 aromatic carbocycles. The van der Waals surface area contributed by atoms with Gasteiger partial charge < -0.3 is 5.43 Å². The van der Waals surface area contributed by atoms with Gasteiger partial charge in [0, 0.05) is 5.69 Å². The van der Waals surface area contributed by atoms with Crippen molar-refractivity contribution in [3.63, 3.8) is 0 Å². The van der Waals surface area contributed by atoms with Crippen LogP contribution >= 0.6 is 0 Å². The van der Waals surface area contributed by atoms with Crippen molar-refractivity contribution in [3.8, 4) is 6.07 Å². The summed E-state index contributed by atoms with van der Waals surface area (Å²) in [6.07, 6.45) is 0. The largest absolute Gasteiger partial charge is 0.307 e. The first-order chi connectivity index (χ1) is 5.27. The highest BCUT2D eigenvalue weighted by Gasteiger charge is 1.99. The Labute approximate surface area is 64.6 Å². The number of hydrazine groups is 1. The van der Waals surface area contributed by atoms with Gasteiger partial charge in [-0.25, -0.2) is 10.8 Å². The van der Waals surface area contributed by atoms with Gasteiger partial charge >= 0.3 is 0 Å². The van der Waals surface area contributed by atoms with Gasteiger partial charge in [0.15, 0.2) is 5.82 Å². The van der Waals surface area contributed by atoms with Crippen LogP contribution in [0.2, 0.25) is 0 Å². The van der Waals surface area contributed by atoms with Crippen LogP contribution in [-0.4, -0.2) is 4.98 Å². The van der Waals surface area contributed by atoms with Gasteiger partial charge in [0.1, 0.15) is 6.07 Å². The van der Waals surface area contributed by atoms with Crippen LogP contribution in [-0.2, 0) is 0 Å². The van der Waals surface area contributed by atoms with Crippen LogP contribution in [0.3, 0.4) is 0 Å². The molecule has 11 heavy (non-hydrogen) atoms. The first kappa shape index (κ1) is 7.51. The number of rotatable bonds is 1. The topological polar surface area (TPSA) is 74.7 Å². The van der Waals surface area contributed by atoms with Gasteiger partial charge in [0.05, 0.1) is 5.56 Å². The molecule has 0 saturated heterocycles. The molecule has 0 aliphatic heterocycles. The maximum absolute atomic E-state index is 8.55. The van der Waals surface area contributed by atoms with Gasteiger partial charge in [0.2, 0.25) is 0 Å². The second-order valence-electron chi connectivity index (χ2n) is 2.10. The molecule has 0 spiro atoms. The van der Waals surface area contributed by atoms with Crippen LogP contribution in [0.15, 0.2) is 12.1 Å². The van der Waals surface area contributed by atoms with Gasteiger partial charge in [-0.3, -0.25) is 0 Å². The summed E-state index contributed by atoms with van der Waals surface area (Å²) in [5.41, 5.74) is 3.64. The van der Waals surface area contributed by atoms with E-state index in [1.54, 1.807) is 12.1 Å². The maximum Gasteiger partial charge on any atom is 0.158 e. The van der Waals surface area contributed by atoms with E-state index in [-0.39, 0.29) is 0 Å². The van der Waals surface area contributed by atoms with E-state index in [1.165, 1.54) is 0 Å². The Morgan fingerprint density at radius 3 is 2.91 bits per heavy atom. The molecule has 4 heteroatoms. The van der Waals surface area contributed by atoms with Crippen LogP contribution in [0, 0.1) is 18.3 Å². The molecular weight excluding hydrogens is 140 g/mol. The second-order valence-corrected chi connectivity index (χ2v) is 2.10. The number of nitrogens with two attached hydrogens (primary N) is 1. The summed E-state index contributed by atoms with van der Waals surface area (Å²) in [6, 6.07) is 5.41.